The number of nitrogens with zero attached hydrogens (tertiary/aromatic N) is 2. The molecule has 0 aliphatic heterocycles. The summed E-state index contributed by atoms with van der Waals surface area (Å²) in [6.45, 7) is 0. The Morgan fingerprint density at radius 1 is 1.24 bits per heavy atom. The molecule has 2 atom stereocenters. The maximum absolute atomic E-state index is 10.0. The van der Waals surface area contributed by atoms with E-state index in [2.05, 4.69) is 22.6 Å². The van der Waals surface area contributed by atoms with Crippen LogP contribution in [0.5, 0.6) is 0 Å². The molecule has 1 aromatic carbocycles. The van der Waals surface area contributed by atoms with E-state index in [1.165, 1.54) is 6.20 Å². The van der Waals surface area contributed by atoms with E-state index in [1.54, 1.807) is 18.3 Å². The van der Waals surface area contributed by atoms with Crippen molar-refractivity contribution in [3.63, 3.8) is 0 Å². The van der Waals surface area contributed by atoms with Crippen LogP contribution in [0.3, 0.4) is 0 Å². The number of nitrogen functional groups attached to an aromatic ring is 1. The number of aromatic nitrogens is 2. The van der Waals surface area contributed by atoms with E-state index >= 15 is 0 Å². The Hall–Kier alpha value is -1.37. The molecule has 6 heteroatoms. The van der Waals surface area contributed by atoms with Gasteiger partial charge >= 0.3 is 0 Å². The molecule has 1 aromatic heterocycles. The molecule has 2 rings (SSSR count). The van der Waals surface area contributed by atoms with Crippen molar-refractivity contribution in [1.82, 2.24) is 9.97 Å². The van der Waals surface area contributed by atoms with Crippen LogP contribution in [0.2, 0.25) is 0 Å². The lowest BCUT2D eigenvalue weighted by Gasteiger charge is -2.19. The summed E-state index contributed by atoms with van der Waals surface area (Å²) >= 11 is 3.95. The molecule has 0 bridgehead atoms. The molecule has 2 aromatic rings. The third kappa shape index (κ3) is 2.19. The number of hydrogen-bond acceptors (Lipinski definition) is 6. The van der Waals surface area contributed by atoms with Crippen LogP contribution in [0.4, 0.5) is 5.69 Å². The summed E-state index contributed by atoms with van der Waals surface area (Å²) in [4.78, 5) is 8.26. The zero-order valence-corrected chi connectivity index (χ0v) is 9.88. The van der Waals surface area contributed by atoms with E-state index in [4.69, 9.17) is 5.73 Å². The molecule has 1 heterocycles. The van der Waals surface area contributed by atoms with Gasteiger partial charge in [0.05, 0.1) is 17.1 Å². The van der Waals surface area contributed by atoms with Gasteiger partial charge in [-0.1, -0.05) is 0 Å². The monoisotopic (exact) mass is 251 g/mol. The van der Waals surface area contributed by atoms with Crippen LogP contribution in [0.1, 0.15) is 11.7 Å². The van der Waals surface area contributed by atoms with E-state index in [-0.39, 0.29) is 5.75 Å². The number of hydrogen-bond donors (Lipinski definition) is 4. The fourth-order valence-corrected chi connectivity index (χ4v) is 1.88. The van der Waals surface area contributed by atoms with E-state index in [1.807, 2.05) is 0 Å². The van der Waals surface area contributed by atoms with Crippen molar-refractivity contribution in [3.8, 4) is 0 Å². The second kappa shape index (κ2) is 4.87. The van der Waals surface area contributed by atoms with Crippen LogP contribution < -0.4 is 5.73 Å². The van der Waals surface area contributed by atoms with Crippen LogP contribution >= 0.6 is 12.6 Å². The molecule has 0 aliphatic carbocycles. The molecule has 0 fully saturated rings. The number of aliphatic hydroxyl groups excluding tert-OH is 2. The average molecular weight is 251 g/mol. The second-order valence-electron chi connectivity index (χ2n) is 3.69. The largest absolute Gasteiger partial charge is 0.398 e. The summed E-state index contributed by atoms with van der Waals surface area (Å²) in [5.74, 6) is 0.136. The first kappa shape index (κ1) is 12.1. The van der Waals surface area contributed by atoms with Gasteiger partial charge in [0.2, 0.25) is 0 Å². The third-order valence-corrected chi connectivity index (χ3v) is 2.93. The van der Waals surface area contributed by atoms with Gasteiger partial charge in [0, 0.05) is 29.4 Å². The molecule has 90 valence electrons. The first-order chi connectivity index (χ1) is 8.15. The molecular formula is C11H13N3O2S. The van der Waals surface area contributed by atoms with Crippen LogP contribution in [0, 0.1) is 0 Å². The van der Waals surface area contributed by atoms with E-state index in [9.17, 15) is 10.2 Å². The Kier molecular flexibility index (Phi) is 3.46. The fourth-order valence-electron chi connectivity index (χ4n) is 1.68. The lowest BCUT2D eigenvalue weighted by atomic mass is 10.0. The smallest absolute Gasteiger partial charge is 0.110 e. The van der Waals surface area contributed by atoms with Crippen molar-refractivity contribution in [2.75, 3.05) is 11.5 Å². The summed E-state index contributed by atoms with van der Waals surface area (Å²) in [6.07, 6.45) is 0.968. The SMILES string of the molecule is Nc1ccc2nccnc2c1C(O)C(O)CS. The summed E-state index contributed by atoms with van der Waals surface area (Å²) in [6, 6.07) is 3.36. The molecule has 5 nitrogen and oxygen atoms in total. The Morgan fingerprint density at radius 3 is 2.65 bits per heavy atom. The lowest BCUT2D eigenvalue weighted by Crippen LogP contribution is -2.21. The first-order valence-electron chi connectivity index (χ1n) is 5.11. The lowest BCUT2D eigenvalue weighted by molar-refractivity contribution is 0.0350. The Morgan fingerprint density at radius 2 is 1.94 bits per heavy atom. The van der Waals surface area contributed by atoms with Crippen molar-refractivity contribution in [1.29, 1.82) is 0 Å². The summed E-state index contributed by atoms with van der Waals surface area (Å²) in [5, 5.41) is 19.7. The molecule has 0 saturated carbocycles. The minimum Gasteiger partial charge on any atom is -0.398 e. The maximum Gasteiger partial charge on any atom is 0.110 e. The molecule has 2 unspecified atom stereocenters. The van der Waals surface area contributed by atoms with Gasteiger partial charge in [-0.25, -0.2) is 0 Å². The van der Waals surface area contributed by atoms with Crippen LogP contribution in [-0.4, -0.2) is 32.0 Å². The number of benzene rings is 1. The van der Waals surface area contributed by atoms with Crippen molar-refractivity contribution >= 4 is 29.3 Å². The third-order valence-electron chi connectivity index (χ3n) is 2.56. The quantitative estimate of drug-likeness (QED) is 0.472. The minimum atomic E-state index is -1.12. The van der Waals surface area contributed by atoms with Crippen molar-refractivity contribution in [2.45, 2.75) is 12.2 Å². The predicted octanol–water partition coefficient (Wildman–Crippen LogP) is 0.536. The highest BCUT2D eigenvalue weighted by Gasteiger charge is 2.22. The standard InChI is InChI=1S/C11H13N3O2S/c12-6-1-2-7-10(14-4-3-13-7)9(6)11(16)8(15)5-17/h1-4,8,11,15-17H,5,12H2. The number of anilines is 1. The number of fused-ring (bicyclic) bond motifs is 1. The van der Waals surface area contributed by atoms with Crippen LogP contribution in [0.15, 0.2) is 24.5 Å². The van der Waals surface area contributed by atoms with E-state index in [0.29, 0.717) is 22.3 Å². The van der Waals surface area contributed by atoms with Crippen molar-refractivity contribution in [3.05, 3.63) is 30.1 Å². The predicted molar refractivity (Wildman–Crippen MR) is 68.8 cm³/mol. The van der Waals surface area contributed by atoms with Gasteiger partial charge in [-0.05, 0) is 12.1 Å². The van der Waals surface area contributed by atoms with Gasteiger partial charge in [0.1, 0.15) is 6.10 Å². The molecule has 0 radical (unpaired) electrons. The number of thiol groups is 1. The molecule has 0 spiro atoms. The molecule has 0 amide bonds. The topological polar surface area (TPSA) is 92.3 Å². The maximum atomic E-state index is 10.0. The molecule has 0 saturated heterocycles. The molecule has 4 N–H and O–H groups in total. The van der Waals surface area contributed by atoms with Gasteiger partial charge in [0.15, 0.2) is 0 Å². The van der Waals surface area contributed by atoms with Crippen LogP contribution in [-0.2, 0) is 0 Å². The highest BCUT2D eigenvalue weighted by molar-refractivity contribution is 7.80. The van der Waals surface area contributed by atoms with E-state index < -0.39 is 12.2 Å². The van der Waals surface area contributed by atoms with Gasteiger partial charge in [-0.3, -0.25) is 9.97 Å². The van der Waals surface area contributed by atoms with E-state index in [0.717, 1.165) is 0 Å². The first-order valence-corrected chi connectivity index (χ1v) is 5.74. The molecular weight excluding hydrogens is 238 g/mol. The van der Waals surface area contributed by atoms with Gasteiger partial charge in [-0.15, -0.1) is 0 Å². The minimum absolute atomic E-state index is 0.136. The van der Waals surface area contributed by atoms with Crippen molar-refractivity contribution in [2.24, 2.45) is 0 Å². The molecule has 0 aliphatic rings. The summed E-state index contributed by atoms with van der Waals surface area (Å²) in [7, 11) is 0. The second-order valence-corrected chi connectivity index (χ2v) is 4.05. The van der Waals surface area contributed by atoms with Gasteiger partial charge in [0.25, 0.3) is 0 Å². The number of rotatable bonds is 3. The number of nitrogens with two attached hydrogens (primary N) is 1. The van der Waals surface area contributed by atoms with Crippen molar-refractivity contribution < 1.29 is 10.2 Å². The summed E-state index contributed by atoms with van der Waals surface area (Å²) in [5.41, 5.74) is 7.72. The highest BCUT2D eigenvalue weighted by Crippen LogP contribution is 2.29. The summed E-state index contributed by atoms with van der Waals surface area (Å²) < 4.78 is 0. The Balaban J connectivity index is 2.62. The average Bonchev–Trinajstić information content (AvgIpc) is 2.37. The van der Waals surface area contributed by atoms with Gasteiger partial charge < -0.3 is 15.9 Å². The fraction of sp³-hybridized carbons (Fsp3) is 0.273. The zero-order chi connectivity index (χ0) is 12.4. The van der Waals surface area contributed by atoms with Crippen LogP contribution in [0.25, 0.3) is 11.0 Å². The molecule has 17 heavy (non-hydrogen) atoms. The Bertz CT molecular complexity index is 535. The Labute approximate surface area is 104 Å². The normalized spacial score (nSPS) is 14.8. The number of aliphatic hydroxyl groups is 2. The van der Waals surface area contributed by atoms with Gasteiger partial charge in [-0.2, -0.15) is 12.6 Å². The zero-order valence-electron chi connectivity index (χ0n) is 8.98. The highest BCUT2D eigenvalue weighted by atomic mass is 32.1.